The van der Waals surface area contributed by atoms with Crippen LogP contribution in [0.15, 0.2) is 33.6 Å². The lowest BCUT2D eigenvalue weighted by Gasteiger charge is -2.15. The first-order valence-corrected chi connectivity index (χ1v) is 7.73. The topological polar surface area (TPSA) is 38.3 Å². The van der Waals surface area contributed by atoms with Crippen molar-refractivity contribution in [2.24, 2.45) is 0 Å². The number of ether oxygens (including phenoxy) is 1. The van der Waals surface area contributed by atoms with E-state index in [1.54, 1.807) is 11.8 Å². The lowest BCUT2D eigenvalue weighted by molar-refractivity contribution is -0.144. The summed E-state index contributed by atoms with van der Waals surface area (Å²) in [6.45, 7) is 4.98. The maximum Gasteiger partial charge on any atom is 0.323 e. The summed E-state index contributed by atoms with van der Waals surface area (Å²) >= 11 is 5.08. The molecule has 18 heavy (non-hydrogen) atoms. The summed E-state index contributed by atoms with van der Waals surface area (Å²) < 4.78 is 6.09. The summed E-state index contributed by atoms with van der Waals surface area (Å²) in [7, 11) is 0. The van der Waals surface area contributed by atoms with Gasteiger partial charge >= 0.3 is 5.97 Å². The van der Waals surface area contributed by atoms with Crippen molar-refractivity contribution in [2.75, 3.05) is 18.9 Å². The molecule has 1 aromatic carbocycles. The van der Waals surface area contributed by atoms with Gasteiger partial charge in [-0.1, -0.05) is 28.9 Å². The average molecular weight is 332 g/mol. The van der Waals surface area contributed by atoms with E-state index in [1.807, 2.05) is 38.1 Å². The molecule has 0 radical (unpaired) electrons. The van der Waals surface area contributed by atoms with Crippen LogP contribution in [0.1, 0.15) is 13.8 Å². The van der Waals surface area contributed by atoms with Gasteiger partial charge in [-0.3, -0.25) is 4.79 Å². The minimum Gasteiger partial charge on any atom is -0.465 e. The van der Waals surface area contributed by atoms with Crippen LogP contribution < -0.4 is 5.32 Å². The molecule has 0 amide bonds. The van der Waals surface area contributed by atoms with E-state index in [2.05, 4.69) is 21.2 Å². The van der Waals surface area contributed by atoms with Gasteiger partial charge in [-0.15, -0.1) is 11.8 Å². The second-order valence-electron chi connectivity index (χ2n) is 3.63. The average Bonchev–Trinajstić information content (AvgIpc) is 2.35. The van der Waals surface area contributed by atoms with E-state index < -0.39 is 0 Å². The van der Waals surface area contributed by atoms with Crippen molar-refractivity contribution in [1.82, 2.24) is 5.32 Å². The lowest BCUT2D eigenvalue weighted by Crippen LogP contribution is -2.40. The number of esters is 1. The summed E-state index contributed by atoms with van der Waals surface area (Å²) in [6, 6.07) is 7.79. The smallest absolute Gasteiger partial charge is 0.323 e. The third-order valence-corrected chi connectivity index (χ3v) is 3.81. The third-order valence-electron chi connectivity index (χ3n) is 2.23. The van der Waals surface area contributed by atoms with Gasteiger partial charge in [-0.25, -0.2) is 0 Å². The first-order valence-electron chi connectivity index (χ1n) is 5.95. The molecule has 0 aliphatic rings. The van der Waals surface area contributed by atoms with Crippen molar-refractivity contribution in [3.05, 3.63) is 28.7 Å². The maximum absolute atomic E-state index is 11.7. The molecular formula is C13H18BrNO2S. The van der Waals surface area contributed by atoms with Gasteiger partial charge in [-0.05, 0) is 31.7 Å². The highest BCUT2D eigenvalue weighted by Gasteiger charge is 2.18. The summed E-state index contributed by atoms with van der Waals surface area (Å²) in [5.41, 5.74) is 0. The fourth-order valence-electron chi connectivity index (χ4n) is 1.44. The number of nitrogens with one attached hydrogen (secondary N) is 1. The molecule has 5 heteroatoms. The van der Waals surface area contributed by atoms with E-state index in [1.165, 1.54) is 0 Å². The van der Waals surface area contributed by atoms with E-state index >= 15 is 0 Å². The van der Waals surface area contributed by atoms with Crippen LogP contribution in [0.3, 0.4) is 0 Å². The van der Waals surface area contributed by atoms with Crippen molar-refractivity contribution < 1.29 is 9.53 Å². The molecule has 0 heterocycles. The van der Waals surface area contributed by atoms with Gasteiger partial charge in [0.2, 0.25) is 0 Å². The molecule has 0 aromatic heterocycles. The predicted octanol–water partition coefficient (Wildman–Crippen LogP) is 3.08. The van der Waals surface area contributed by atoms with Crippen LogP contribution in [0.5, 0.6) is 0 Å². The molecule has 3 nitrogen and oxygen atoms in total. The fraction of sp³-hybridized carbons (Fsp3) is 0.462. The molecule has 1 aromatic rings. The summed E-state index contributed by atoms with van der Waals surface area (Å²) in [5, 5.41) is 3.14. The number of halogens is 1. The zero-order valence-corrected chi connectivity index (χ0v) is 13.0. The van der Waals surface area contributed by atoms with Gasteiger partial charge < -0.3 is 10.1 Å². The number of carbonyl (C=O) groups is 1. The summed E-state index contributed by atoms with van der Waals surface area (Å²) in [5.74, 6) is 0.491. The number of likely N-dealkylation sites (N-methyl/N-ethyl adjacent to an activating group) is 1. The largest absolute Gasteiger partial charge is 0.465 e. The number of benzene rings is 1. The van der Waals surface area contributed by atoms with Crippen molar-refractivity contribution in [2.45, 2.75) is 24.8 Å². The molecule has 0 fully saturated rings. The SMILES string of the molecule is CCNC(CSc1cccc(Br)c1)C(=O)OCC. The molecular weight excluding hydrogens is 314 g/mol. The summed E-state index contributed by atoms with van der Waals surface area (Å²) in [6.07, 6.45) is 0. The quantitative estimate of drug-likeness (QED) is 0.615. The van der Waals surface area contributed by atoms with Crippen LogP contribution in [0.25, 0.3) is 0 Å². The van der Waals surface area contributed by atoms with Gasteiger partial charge in [0, 0.05) is 15.1 Å². The second-order valence-corrected chi connectivity index (χ2v) is 5.64. The van der Waals surface area contributed by atoms with Gasteiger partial charge in [-0.2, -0.15) is 0 Å². The molecule has 0 bridgehead atoms. The fourth-order valence-corrected chi connectivity index (χ4v) is 2.98. The first-order chi connectivity index (χ1) is 8.67. The zero-order valence-electron chi connectivity index (χ0n) is 10.6. The Morgan fingerprint density at radius 2 is 2.28 bits per heavy atom. The van der Waals surface area contributed by atoms with Crippen LogP contribution in [0, 0.1) is 0 Å². The Balaban J connectivity index is 2.53. The minimum absolute atomic E-state index is 0.179. The molecule has 0 saturated heterocycles. The molecule has 1 rings (SSSR count). The number of thioether (sulfide) groups is 1. The number of hydrogen-bond donors (Lipinski definition) is 1. The molecule has 0 spiro atoms. The molecule has 1 unspecified atom stereocenters. The molecule has 1 N–H and O–H groups in total. The predicted molar refractivity (Wildman–Crippen MR) is 79.0 cm³/mol. The van der Waals surface area contributed by atoms with E-state index in [0.29, 0.717) is 12.4 Å². The Hall–Kier alpha value is -0.520. The molecule has 100 valence electrons. The third kappa shape index (κ3) is 5.42. The molecule has 0 aliphatic carbocycles. The van der Waals surface area contributed by atoms with E-state index in [9.17, 15) is 4.79 Å². The van der Waals surface area contributed by atoms with Crippen molar-refractivity contribution in [3.63, 3.8) is 0 Å². The number of carbonyl (C=O) groups excluding carboxylic acids is 1. The van der Waals surface area contributed by atoms with Crippen LogP contribution in [-0.4, -0.2) is 30.9 Å². The molecule has 0 saturated carbocycles. The standard InChI is InChI=1S/C13H18BrNO2S/c1-3-15-12(13(16)17-4-2)9-18-11-7-5-6-10(14)8-11/h5-8,12,15H,3-4,9H2,1-2H3. The van der Waals surface area contributed by atoms with E-state index in [4.69, 9.17) is 4.74 Å². The highest BCUT2D eigenvalue weighted by Crippen LogP contribution is 2.22. The normalized spacial score (nSPS) is 12.2. The Morgan fingerprint density at radius 1 is 1.50 bits per heavy atom. The first kappa shape index (κ1) is 15.5. The molecule has 0 aliphatic heterocycles. The van der Waals surface area contributed by atoms with Crippen molar-refractivity contribution >= 4 is 33.7 Å². The Kier molecular flexibility index (Phi) is 7.39. The zero-order chi connectivity index (χ0) is 13.4. The summed E-state index contributed by atoms with van der Waals surface area (Å²) in [4.78, 5) is 12.8. The monoisotopic (exact) mass is 331 g/mol. The highest BCUT2D eigenvalue weighted by molar-refractivity contribution is 9.10. The van der Waals surface area contributed by atoms with Crippen molar-refractivity contribution in [1.29, 1.82) is 0 Å². The number of hydrogen-bond acceptors (Lipinski definition) is 4. The van der Waals surface area contributed by atoms with Gasteiger partial charge in [0.05, 0.1) is 6.61 Å². The Labute approximate surface area is 121 Å². The highest BCUT2D eigenvalue weighted by atomic mass is 79.9. The Bertz CT molecular complexity index is 387. The second kappa shape index (κ2) is 8.56. The maximum atomic E-state index is 11.7. The van der Waals surface area contributed by atoms with Gasteiger partial charge in [0.15, 0.2) is 0 Å². The molecule has 1 atom stereocenters. The van der Waals surface area contributed by atoms with Crippen LogP contribution in [-0.2, 0) is 9.53 Å². The minimum atomic E-state index is -0.251. The van der Waals surface area contributed by atoms with Crippen LogP contribution >= 0.6 is 27.7 Å². The Morgan fingerprint density at radius 3 is 2.89 bits per heavy atom. The lowest BCUT2D eigenvalue weighted by atomic mass is 10.3. The van der Waals surface area contributed by atoms with Crippen LogP contribution in [0.4, 0.5) is 0 Å². The van der Waals surface area contributed by atoms with Crippen molar-refractivity contribution in [3.8, 4) is 0 Å². The number of rotatable bonds is 7. The van der Waals surface area contributed by atoms with Crippen LogP contribution in [0.2, 0.25) is 0 Å². The van der Waals surface area contributed by atoms with E-state index in [0.717, 1.165) is 15.9 Å². The van der Waals surface area contributed by atoms with Gasteiger partial charge in [0.1, 0.15) is 6.04 Å². The van der Waals surface area contributed by atoms with Gasteiger partial charge in [0.25, 0.3) is 0 Å². The van der Waals surface area contributed by atoms with E-state index in [-0.39, 0.29) is 12.0 Å².